The molecule has 1 aromatic carbocycles. The molecule has 0 bridgehead atoms. The summed E-state index contributed by atoms with van der Waals surface area (Å²) in [5.41, 5.74) is 0.228. The Kier molecular flexibility index (Phi) is 6.04. The molecule has 0 heterocycles. The number of nitrogens with one attached hydrogen (secondary N) is 1. The quantitative estimate of drug-likeness (QED) is 0.812. The van der Waals surface area contributed by atoms with E-state index in [0.29, 0.717) is 18.4 Å². The minimum absolute atomic E-state index is 0.108. The maximum absolute atomic E-state index is 12.1. The first-order valence-corrected chi connectivity index (χ1v) is 8.88. The van der Waals surface area contributed by atoms with Gasteiger partial charge in [0.1, 0.15) is 10.6 Å². The second kappa shape index (κ2) is 7.13. The van der Waals surface area contributed by atoms with Crippen molar-refractivity contribution >= 4 is 25.6 Å². The summed E-state index contributed by atoms with van der Waals surface area (Å²) in [6, 6.07) is 4.13. The van der Waals surface area contributed by atoms with E-state index < -0.39 is 9.05 Å². The second-order valence-electron chi connectivity index (χ2n) is 5.23. The molecule has 1 N–H and O–H groups in total. The Balaban J connectivity index is 2.97. The molecule has 1 unspecified atom stereocenters. The van der Waals surface area contributed by atoms with E-state index in [2.05, 4.69) is 19.2 Å². The predicted molar refractivity (Wildman–Crippen MR) is 82.4 cm³/mol. The van der Waals surface area contributed by atoms with Crippen LogP contribution in [-0.4, -0.2) is 28.0 Å². The number of hydrogen-bond donors (Lipinski definition) is 1. The number of benzene rings is 1. The van der Waals surface area contributed by atoms with Gasteiger partial charge in [0.25, 0.3) is 15.0 Å². The van der Waals surface area contributed by atoms with Crippen molar-refractivity contribution in [3.8, 4) is 5.75 Å². The number of amides is 1. The Labute approximate surface area is 130 Å². The number of methoxy groups -OCH3 is 1. The van der Waals surface area contributed by atoms with Crippen molar-refractivity contribution in [2.24, 2.45) is 11.8 Å². The van der Waals surface area contributed by atoms with Gasteiger partial charge in [-0.05, 0) is 30.0 Å². The number of carbonyl (C=O) groups excluding carboxylic acids is 1. The van der Waals surface area contributed by atoms with Crippen molar-refractivity contribution in [2.75, 3.05) is 13.7 Å². The van der Waals surface area contributed by atoms with Crippen molar-refractivity contribution < 1.29 is 17.9 Å². The van der Waals surface area contributed by atoms with Crippen molar-refractivity contribution in [1.29, 1.82) is 0 Å². The zero-order valence-electron chi connectivity index (χ0n) is 12.5. The maximum Gasteiger partial charge on any atom is 0.265 e. The summed E-state index contributed by atoms with van der Waals surface area (Å²) in [5.74, 6) is 0.534. The topological polar surface area (TPSA) is 72.5 Å². The van der Waals surface area contributed by atoms with Gasteiger partial charge in [-0.15, -0.1) is 0 Å². The fourth-order valence-electron chi connectivity index (χ4n) is 1.60. The van der Waals surface area contributed by atoms with Crippen LogP contribution in [0.3, 0.4) is 0 Å². The lowest BCUT2D eigenvalue weighted by Crippen LogP contribution is -2.30. The van der Waals surface area contributed by atoms with Crippen molar-refractivity contribution in [3.63, 3.8) is 0 Å². The van der Waals surface area contributed by atoms with Gasteiger partial charge in [0.15, 0.2) is 0 Å². The Bertz CT molecular complexity index is 613. The highest BCUT2D eigenvalue weighted by atomic mass is 35.7. The monoisotopic (exact) mass is 333 g/mol. The summed E-state index contributed by atoms with van der Waals surface area (Å²) in [6.07, 6.45) is 0. The average molecular weight is 334 g/mol. The minimum Gasteiger partial charge on any atom is -0.495 e. The molecule has 1 rings (SSSR count). The summed E-state index contributed by atoms with van der Waals surface area (Å²) in [5, 5.41) is 2.78. The summed E-state index contributed by atoms with van der Waals surface area (Å²) >= 11 is 0. The third-order valence-corrected chi connectivity index (χ3v) is 4.75. The molecule has 5 nitrogen and oxygen atoms in total. The third-order valence-electron chi connectivity index (χ3n) is 3.41. The zero-order chi connectivity index (χ0) is 16.2. The van der Waals surface area contributed by atoms with Crippen LogP contribution < -0.4 is 10.1 Å². The first-order chi connectivity index (χ1) is 9.66. The number of carbonyl (C=O) groups is 1. The van der Waals surface area contributed by atoms with Crippen LogP contribution in [0.15, 0.2) is 23.1 Å². The predicted octanol–water partition coefficient (Wildman–Crippen LogP) is 2.64. The number of hydrogen-bond acceptors (Lipinski definition) is 4. The van der Waals surface area contributed by atoms with Crippen LogP contribution in [0.5, 0.6) is 5.75 Å². The molecule has 0 radical (unpaired) electrons. The number of halogens is 1. The fraction of sp³-hybridized carbons (Fsp3) is 0.500. The van der Waals surface area contributed by atoms with Gasteiger partial charge in [0.05, 0.1) is 7.11 Å². The van der Waals surface area contributed by atoms with E-state index >= 15 is 0 Å². The molecule has 21 heavy (non-hydrogen) atoms. The molecule has 1 aromatic rings. The highest BCUT2D eigenvalue weighted by Gasteiger charge is 2.19. The van der Waals surface area contributed by atoms with Crippen LogP contribution in [0.1, 0.15) is 31.1 Å². The van der Waals surface area contributed by atoms with Gasteiger partial charge in [-0.25, -0.2) is 8.42 Å². The lowest BCUT2D eigenvalue weighted by atomic mass is 9.98. The van der Waals surface area contributed by atoms with Gasteiger partial charge in [0.2, 0.25) is 0 Å². The van der Waals surface area contributed by atoms with E-state index in [1.165, 1.54) is 25.3 Å². The summed E-state index contributed by atoms with van der Waals surface area (Å²) in [6.45, 7) is 6.70. The second-order valence-corrected chi connectivity index (χ2v) is 7.77. The maximum atomic E-state index is 12.1. The van der Waals surface area contributed by atoms with Crippen LogP contribution in [0, 0.1) is 11.8 Å². The summed E-state index contributed by atoms with van der Waals surface area (Å²) in [7, 11) is 2.71. The average Bonchev–Trinajstić information content (AvgIpc) is 2.42. The first-order valence-electron chi connectivity index (χ1n) is 6.57. The molecule has 0 aliphatic carbocycles. The Morgan fingerprint density at radius 1 is 1.33 bits per heavy atom. The smallest absolute Gasteiger partial charge is 0.265 e. The van der Waals surface area contributed by atoms with Crippen LogP contribution in [0.25, 0.3) is 0 Å². The normalized spacial score (nSPS) is 13.0. The highest BCUT2D eigenvalue weighted by molar-refractivity contribution is 8.13. The van der Waals surface area contributed by atoms with Crippen LogP contribution in [-0.2, 0) is 9.05 Å². The first kappa shape index (κ1) is 17.8. The van der Waals surface area contributed by atoms with E-state index in [4.69, 9.17) is 15.4 Å². The molecule has 0 aromatic heterocycles. The molecule has 0 saturated carbocycles. The van der Waals surface area contributed by atoms with E-state index in [9.17, 15) is 13.2 Å². The van der Waals surface area contributed by atoms with Crippen LogP contribution in [0.2, 0.25) is 0 Å². The van der Waals surface area contributed by atoms with Crippen molar-refractivity contribution in [3.05, 3.63) is 23.8 Å². The van der Waals surface area contributed by atoms with Gasteiger partial charge in [-0.1, -0.05) is 20.8 Å². The van der Waals surface area contributed by atoms with E-state index in [0.717, 1.165) is 0 Å². The van der Waals surface area contributed by atoms with Crippen LogP contribution in [0.4, 0.5) is 0 Å². The minimum atomic E-state index is -3.98. The molecular weight excluding hydrogens is 314 g/mol. The molecule has 0 spiro atoms. The Morgan fingerprint density at radius 3 is 2.43 bits per heavy atom. The van der Waals surface area contributed by atoms with Gasteiger partial charge in [0, 0.05) is 22.8 Å². The molecule has 118 valence electrons. The molecule has 0 fully saturated rings. The van der Waals surface area contributed by atoms with Crippen molar-refractivity contribution in [2.45, 2.75) is 25.7 Å². The largest absolute Gasteiger partial charge is 0.495 e. The van der Waals surface area contributed by atoms with E-state index in [1.807, 2.05) is 6.92 Å². The SMILES string of the molecule is COc1ccc(C(=O)NCC(C)C(C)C)cc1S(=O)(=O)Cl. The third kappa shape index (κ3) is 4.89. The number of ether oxygens (including phenoxy) is 1. The summed E-state index contributed by atoms with van der Waals surface area (Å²) < 4.78 is 27.9. The highest BCUT2D eigenvalue weighted by Crippen LogP contribution is 2.27. The molecule has 1 amide bonds. The number of rotatable bonds is 6. The van der Waals surface area contributed by atoms with Gasteiger partial charge in [-0.3, -0.25) is 4.79 Å². The van der Waals surface area contributed by atoms with Crippen molar-refractivity contribution in [1.82, 2.24) is 5.32 Å². The lowest BCUT2D eigenvalue weighted by Gasteiger charge is -2.16. The molecular formula is C14H20ClNO4S. The summed E-state index contributed by atoms with van der Waals surface area (Å²) in [4.78, 5) is 11.8. The van der Waals surface area contributed by atoms with Gasteiger partial charge >= 0.3 is 0 Å². The van der Waals surface area contributed by atoms with Gasteiger partial charge in [-0.2, -0.15) is 0 Å². The lowest BCUT2D eigenvalue weighted by molar-refractivity contribution is 0.0944. The Morgan fingerprint density at radius 2 is 1.95 bits per heavy atom. The zero-order valence-corrected chi connectivity index (χ0v) is 14.1. The van der Waals surface area contributed by atoms with Gasteiger partial charge < -0.3 is 10.1 Å². The fourth-order valence-corrected chi connectivity index (χ4v) is 2.62. The molecule has 7 heteroatoms. The Hall–Kier alpha value is -1.27. The van der Waals surface area contributed by atoms with E-state index in [-0.39, 0.29) is 22.1 Å². The molecule has 0 aliphatic heterocycles. The molecule has 0 aliphatic rings. The molecule has 1 atom stereocenters. The standard InChI is InChI=1S/C14H20ClNO4S/c1-9(2)10(3)8-16-14(17)11-5-6-12(20-4)13(7-11)21(15,18)19/h5-7,9-10H,8H2,1-4H3,(H,16,17). The van der Waals surface area contributed by atoms with Crippen LogP contribution >= 0.6 is 10.7 Å². The van der Waals surface area contributed by atoms with E-state index in [1.54, 1.807) is 0 Å². The molecule has 0 saturated heterocycles.